The lowest BCUT2D eigenvalue weighted by molar-refractivity contribution is -0.110. The van der Waals surface area contributed by atoms with Gasteiger partial charge in [0.15, 0.2) is 0 Å². The molecular weight excluding hydrogens is 296 g/mol. The standard InChI is InChI=1S/C22H12O2/c23-21-12-11-19-18-8-7-15-14-4-2-1-3-13(14)5-6-16(15)17(18)9-10-20(19)22(21)24/h1-12H. The second-order valence-corrected chi connectivity index (χ2v) is 6.10. The molecule has 0 spiro atoms. The summed E-state index contributed by atoms with van der Waals surface area (Å²) in [4.78, 5) is 23.7. The average molecular weight is 308 g/mol. The number of benzene rings is 4. The summed E-state index contributed by atoms with van der Waals surface area (Å²) < 4.78 is 0. The molecule has 1 aliphatic carbocycles. The van der Waals surface area contributed by atoms with E-state index in [-0.39, 0.29) is 0 Å². The van der Waals surface area contributed by atoms with E-state index in [9.17, 15) is 9.59 Å². The largest absolute Gasteiger partial charge is 0.286 e. The molecule has 0 atom stereocenters. The highest BCUT2D eigenvalue weighted by atomic mass is 16.2. The molecule has 0 N–H and O–H groups in total. The lowest BCUT2D eigenvalue weighted by atomic mass is 9.88. The van der Waals surface area contributed by atoms with Crippen LogP contribution in [0.4, 0.5) is 0 Å². The first-order chi connectivity index (χ1) is 11.7. The minimum atomic E-state index is -0.450. The van der Waals surface area contributed by atoms with Crippen LogP contribution in [0.2, 0.25) is 0 Å². The molecule has 1 aliphatic rings. The zero-order valence-electron chi connectivity index (χ0n) is 12.7. The lowest BCUT2D eigenvalue weighted by Crippen LogP contribution is -2.16. The SMILES string of the molecule is O=C1C=Cc2c(ccc3c2ccc2c4ccccc4ccc32)C1=O. The number of allylic oxidation sites excluding steroid dienone is 1. The highest BCUT2D eigenvalue weighted by Crippen LogP contribution is 2.35. The number of hydrogen-bond acceptors (Lipinski definition) is 2. The zero-order valence-corrected chi connectivity index (χ0v) is 12.7. The number of rotatable bonds is 0. The molecule has 0 heterocycles. The van der Waals surface area contributed by atoms with E-state index >= 15 is 0 Å². The molecule has 0 saturated heterocycles. The Morgan fingerprint density at radius 2 is 1.21 bits per heavy atom. The molecule has 0 bridgehead atoms. The first-order valence-electron chi connectivity index (χ1n) is 7.88. The highest BCUT2D eigenvalue weighted by Gasteiger charge is 2.22. The van der Waals surface area contributed by atoms with Crippen LogP contribution >= 0.6 is 0 Å². The van der Waals surface area contributed by atoms with E-state index in [2.05, 4.69) is 36.4 Å². The van der Waals surface area contributed by atoms with Crippen molar-refractivity contribution in [1.29, 1.82) is 0 Å². The molecule has 0 aromatic heterocycles. The van der Waals surface area contributed by atoms with Crippen LogP contribution in [0, 0.1) is 0 Å². The van der Waals surface area contributed by atoms with Crippen molar-refractivity contribution in [2.75, 3.05) is 0 Å². The third-order valence-corrected chi connectivity index (χ3v) is 4.83. The minimum absolute atomic E-state index is 0.423. The third-order valence-electron chi connectivity index (χ3n) is 4.83. The van der Waals surface area contributed by atoms with Crippen molar-refractivity contribution < 1.29 is 9.59 Å². The molecule has 112 valence electrons. The van der Waals surface area contributed by atoms with Gasteiger partial charge < -0.3 is 0 Å². The highest BCUT2D eigenvalue weighted by molar-refractivity contribution is 6.50. The van der Waals surface area contributed by atoms with E-state index in [0.29, 0.717) is 5.56 Å². The van der Waals surface area contributed by atoms with Crippen molar-refractivity contribution in [1.82, 2.24) is 0 Å². The fraction of sp³-hybridized carbons (Fsp3) is 0. The molecule has 0 aliphatic heterocycles. The van der Waals surface area contributed by atoms with Crippen LogP contribution in [0.5, 0.6) is 0 Å². The summed E-state index contributed by atoms with van der Waals surface area (Å²) in [5.41, 5.74) is 1.34. The molecule has 2 nitrogen and oxygen atoms in total. The lowest BCUT2D eigenvalue weighted by Gasteiger charge is -2.14. The number of ketones is 2. The summed E-state index contributed by atoms with van der Waals surface area (Å²) in [6.45, 7) is 0. The van der Waals surface area contributed by atoms with Gasteiger partial charge in [-0.05, 0) is 56.1 Å². The smallest absolute Gasteiger partial charge is 0.233 e. The number of Topliss-reactive ketones (excluding diaryl/α,β-unsaturated/α-hetero) is 1. The molecule has 5 rings (SSSR count). The fourth-order valence-electron chi connectivity index (χ4n) is 3.67. The van der Waals surface area contributed by atoms with Crippen LogP contribution in [-0.2, 0) is 4.79 Å². The van der Waals surface area contributed by atoms with Gasteiger partial charge in [-0.3, -0.25) is 9.59 Å². The first-order valence-corrected chi connectivity index (χ1v) is 7.88. The molecule has 0 unspecified atom stereocenters. The van der Waals surface area contributed by atoms with E-state index in [1.54, 1.807) is 12.1 Å². The van der Waals surface area contributed by atoms with Crippen LogP contribution < -0.4 is 0 Å². The Hall–Kier alpha value is -3.26. The normalized spacial score (nSPS) is 13.8. The predicted molar refractivity (Wildman–Crippen MR) is 97.3 cm³/mol. The Balaban J connectivity index is 1.94. The quantitative estimate of drug-likeness (QED) is 0.341. The Morgan fingerprint density at radius 1 is 0.542 bits per heavy atom. The number of fused-ring (bicyclic) bond motifs is 7. The van der Waals surface area contributed by atoms with Gasteiger partial charge >= 0.3 is 0 Å². The monoisotopic (exact) mass is 308 g/mol. The summed E-state index contributed by atoms with van der Waals surface area (Å²) in [5, 5.41) is 6.89. The molecule has 0 saturated carbocycles. The molecular formula is C22H12O2. The molecule has 2 heteroatoms. The minimum Gasteiger partial charge on any atom is -0.286 e. The maximum absolute atomic E-state index is 12.1. The van der Waals surface area contributed by atoms with E-state index in [1.807, 2.05) is 18.2 Å². The van der Waals surface area contributed by atoms with Gasteiger partial charge in [0.25, 0.3) is 0 Å². The van der Waals surface area contributed by atoms with Gasteiger partial charge in [0.2, 0.25) is 11.6 Å². The second kappa shape index (κ2) is 4.62. The van der Waals surface area contributed by atoms with Gasteiger partial charge in [0.05, 0.1) is 0 Å². The number of hydrogen-bond donors (Lipinski definition) is 0. The molecule has 4 aromatic rings. The van der Waals surface area contributed by atoms with Crippen LogP contribution in [-0.4, -0.2) is 11.6 Å². The van der Waals surface area contributed by atoms with Gasteiger partial charge in [-0.2, -0.15) is 0 Å². The summed E-state index contributed by atoms with van der Waals surface area (Å²) in [6.07, 6.45) is 3.13. The Morgan fingerprint density at radius 3 is 2.12 bits per heavy atom. The van der Waals surface area contributed by atoms with Crippen LogP contribution in [0.3, 0.4) is 0 Å². The van der Waals surface area contributed by atoms with Crippen molar-refractivity contribution in [3.63, 3.8) is 0 Å². The molecule has 0 radical (unpaired) electrons. The van der Waals surface area contributed by atoms with E-state index in [4.69, 9.17) is 0 Å². The predicted octanol–water partition coefficient (Wildman–Crippen LogP) is 4.92. The van der Waals surface area contributed by atoms with E-state index in [1.165, 1.54) is 22.2 Å². The molecule has 0 amide bonds. The third kappa shape index (κ3) is 1.65. The van der Waals surface area contributed by atoms with Crippen molar-refractivity contribution in [2.24, 2.45) is 0 Å². The molecule has 24 heavy (non-hydrogen) atoms. The van der Waals surface area contributed by atoms with Gasteiger partial charge in [-0.25, -0.2) is 0 Å². The summed E-state index contributed by atoms with van der Waals surface area (Å²) >= 11 is 0. The van der Waals surface area contributed by atoms with Gasteiger partial charge in [0.1, 0.15) is 0 Å². The summed E-state index contributed by atoms with van der Waals surface area (Å²) in [6, 6.07) is 20.5. The van der Waals surface area contributed by atoms with E-state index < -0.39 is 11.6 Å². The van der Waals surface area contributed by atoms with Crippen molar-refractivity contribution in [3.8, 4) is 0 Å². The van der Waals surface area contributed by atoms with Crippen LogP contribution in [0.15, 0.2) is 66.7 Å². The fourth-order valence-corrected chi connectivity index (χ4v) is 3.67. The number of carbonyl (C=O) groups is 2. The topological polar surface area (TPSA) is 34.1 Å². The van der Waals surface area contributed by atoms with Gasteiger partial charge in [-0.15, -0.1) is 0 Å². The maximum atomic E-state index is 12.1. The van der Waals surface area contributed by atoms with Gasteiger partial charge in [0, 0.05) is 5.56 Å². The van der Waals surface area contributed by atoms with Crippen LogP contribution in [0.1, 0.15) is 15.9 Å². The second-order valence-electron chi connectivity index (χ2n) is 6.10. The van der Waals surface area contributed by atoms with Crippen LogP contribution in [0.25, 0.3) is 38.4 Å². The van der Waals surface area contributed by atoms with Crippen molar-refractivity contribution in [2.45, 2.75) is 0 Å². The number of carbonyl (C=O) groups excluding carboxylic acids is 2. The summed E-state index contributed by atoms with van der Waals surface area (Å²) in [5.74, 6) is -0.873. The molecule has 0 fully saturated rings. The van der Waals surface area contributed by atoms with Crippen molar-refractivity contribution >= 4 is 50.0 Å². The van der Waals surface area contributed by atoms with E-state index in [0.717, 1.165) is 21.7 Å². The maximum Gasteiger partial charge on any atom is 0.233 e. The molecule has 4 aromatic carbocycles. The first kappa shape index (κ1) is 13.2. The Labute approximate surface area is 138 Å². The zero-order chi connectivity index (χ0) is 16.3. The average Bonchev–Trinajstić information content (AvgIpc) is 2.63. The summed E-state index contributed by atoms with van der Waals surface area (Å²) in [7, 11) is 0. The van der Waals surface area contributed by atoms with Gasteiger partial charge in [-0.1, -0.05) is 54.6 Å². The Kier molecular flexibility index (Phi) is 2.54. The van der Waals surface area contributed by atoms with Crippen molar-refractivity contribution in [3.05, 3.63) is 77.9 Å². The Bertz CT molecular complexity index is 1230.